The number of piperidine rings is 1. The van der Waals surface area contributed by atoms with Crippen LogP contribution < -0.4 is 20.3 Å². The summed E-state index contributed by atoms with van der Waals surface area (Å²) in [5, 5.41) is 6.43. The Kier molecular flexibility index (Phi) is 4.12. The fraction of sp³-hybridized carbons (Fsp3) is 0.500. The number of methoxy groups -OCH3 is 2. The molecular weight excluding hydrogens is 298 g/mol. The lowest BCUT2D eigenvalue weighted by molar-refractivity contribution is 0.0597. The van der Waals surface area contributed by atoms with Gasteiger partial charge in [0.25, 0.3) is 0 Å². The van der Waals surface area contributed by atoms with Gasteiger partial charge in [-0.15, -0.1) is 0 Å². The van der Waals surface area contributed by atoms with Crippen LogP contribution in [0.1, 0.15) is 23.2 Å². The van der Waals surface area contributed by atoms with Gasteiger partial charge in [-0.05, 0) is 38.1 Å². The molecule has 2 N–H and O–H groups in total. The second-order valence-corrected chi connectivity index (χ2v) is 5.92. The highest BCUT2D eigenvalue weighted by atomic mass is 16.5. The highest BCUT2D eigenvalue weighted by Crippen LogP contribution is 2.32. The van der Waals surface area contributed by atoms with E-state index in [1.54, 1.807) is 23.1 Å². The van der Waals surface area contributed by atoms with Crippen LogP contribution in [0.3, 0.4) is 0 Å². The number of benzene rings is 1. The molecule has 3 rings (SSSR count). The molecule has 0 unspecified atom stereocenters. The Labute approximate surface area is 134 Å². The largest absolute Gasteiger partial charge is 0.496 e. The molecule has 0 atom stereocenters. The predicted molar refractivity (Wildman–Crippen MR) is 85.0 cm³/mol. The van der Waals surface area contributed by atoms with E-state index in [1.807, 2.05) is 0 Å². The van der Waals surface area contributed by atoms with Gasteiger partial charge in [-0.25, -0.2) is 9.59 Å². The maximum Gasteiger partial charge on any atom is 0.341 e. The average molecular weight is 319 g/mol. The summed E-state index contributed by atoms with van der Waals surface area (Å²) in [5.41, 5.74) is 0.883. The molecule has 23 heavy (non-hydrogen) atoms. The molecule has 0 saturated carbocycles. The molecule has 2 amide bonds. The molecule has 7 heteroatoms. The first-order valence-electron chi connectivity index (χ1n) is 7.65. The van der Waals surface area contributed by atoms with Crippen molar-refractivity contribution in [3.05, 3.63) is 23.8 Å². The maximum absolute atomic E-state index is 12.4. The molecule has 124 valence electrons. The van der Waals surface area contributed by atoms with Crippen LogP contribution in [0.2, 0.25) is 0 Å². The van der Waals surface area contributed by atoms with Gasteiger partial charge in [-0.1, -0.05) is 0 Å². The van der Waals surface area contributed by atoms with Gasteiger partial charge in [-0.2, -0.15) is 0 Å². The molecule has 2 heterocycles. The lowest BCUT2D eigenvalue weighted by atomic mass is 9.89. The Morgan fingerprint density at radius 1 is 1.26 bits per heavy atom. The monoisotopic (exact) mass is 319 g/mol. The minimum atomic E-state index is -0.464. The van der Waals surface area contributed by atoms with E-state index in [9.17, 15) is 9.59 Å². The molecule has 2 aliphatic heterocycles. The van der Waals surface area contributed by atoms with E-state index in [0.29, 0.717) is 23.5 Å². The molecule has 0 aliphatic carbocycles. The van der Waals surface area contributed by atoms with E-state index in [1.165, 1.54) is 14.2 Å². The summed E-state index contributed by atoms with van der Waals surface area (Å²) in [4.78, 5) is 25.8. The Balaban J connectivity index is 1.87. The second kappa shape index (κ2) is 6.08. The highest BCUT2D eigenvalue weighted by molar-refractivity contribution is 5.97. The lowest BCUT2D eigenvalue weighted by Crippen LogP contribution is -2.51. The topological polar surface area (TPSA) is 79.9 Å². The number of hydrogen-bond donors (Lipinski definition) is 2. The van der Waals surface area contributed by atoms with Crippen molar-refractivity contribution in [2.75, 3.05) is 38.8 Å². The van der Waals surface area contributed by atoms with Crippen molar-refractivity contribution in [3.8, 4) is 5.75 Å². The molecule has 1 aromatic carbocycles. The zero-order valence-corrected chi connectivity index (χ0v) is 13.3. The Morgan fingerprint density at radius 3 is 2.65 bits per heavy atom. The first kappa shape index (κ1) is 15.6. The van der Waals surface area contributed by atoms with Crippen LogP contribution in [0.15, 0.2) is 18.2 Å². The van der Waals surface area contributed by atoms with Gasteiger partial charge in [0.1, 0.15) is 11.3 Å². The molecule has 1 aromatic rings. The normalized spacial score (nSPS) is 19.6. The minimum absolute atomic E-state index is 0.111. The van der Waals surface area contributed by atoms with Gasteiger partial charge in [0.15, 0.2) is 0 Å². The molecule has 0 radical (unpaired) electrons. The first-order valence-corrected chi connectivity index (χ1v) is 7.65. The number of amides is 2. The van der Waals surface area contributed by atoms with Crippen LogP contribution in [0.4, 0.5) is 10.5 Å². The molecule has 0 aromatic heterocycles. The van der Waals surface area contributed by atoms with Crippen LogP contribution in [0.25, 0.3) is 0 Å². The number of carbonyl (C=O) groups excluding carboxylic acids is 2. The van der Waals surface area contributed by atoms with E-state index in [-0.39, 0.29) is 11.6 Å². The highest BCUT2D eigenvalue weighted by Gasteiger charge is 2.43. The maximum atomic E-state index is 12.4. The SMILES string of the molecule is COC(=O)c1ccc(N2CC3(CCNCC3)NC2=O)cc1OC. The Morgan fingerprint density at radius 2 is 2.00 bits per heavy atom. The zero-order chi connectivity index (χ0) is 16.4. The first-order chi connectivity index (χ1) is 11.1. The number of ether oxygens (including phenoxy) is 2. The number of rotatable bonds is 3. The number of nitrogens with zero attached hydrogens (tertiary/aromatic N) is 1. The standard InChI is InChI=1S/C16H21N3O4/c1-22-13-9-11(3-4-12(13)14(20)23-2)19-10-16(18-15(19)21)5-7-17-8-6-16/h3-4,9,17H,5-8,10H2,1-2H3,(H,18,21). The van der Waals surface area contributed by atoms with E-state index < -0.39 is 5.97 Å². The van der Waals surface area contributed by atoms with Gasteiger partial charge < -0.3 is 20.1 Å². The van der Waals surface area contributed by atoms with Crippen molar-refractivity contribution in [3.63, 3.8) is 0 Å². The summed E-state index contributed by atoms with van der Waals surface area (Å²) in [5.74, 6) is -0.0671. The number of nitrogens with one attached hydrogen (secondary N) is 2. The number of carbonyl (C=O) groups is 2. The van der Waals surface area contributed by atoms with E-state index in [4.69, 9.17) is 9.47 Å². The summed E-state index contributed by atoms with van der Waals surface area (Å²) in [6.45, 7) is 2.42. The number of hydrogen-bond acceptors (Lipinski definition) is 5. The van der Waals surface area contributed by atoms with Crippen LogP contribution in [-0.2, 0) is 4.74 Å². The average Bonchev–Trinajstić information content (AvgIpc) is 2.90. The smallest absolute Gasteiger partial charge is 0.341 e. The third-order valence-corrected chi connectivity index (χ3v) is 4.54. The van der Waals surface area contributed by atoms with Crippen molar-refractivity contribution < 1.29 is 19.1 Å². The third-order valence-electron chi connectivity index (χ3n) is 4.54. The molecule has 2 fully saturated rings. The fourth-order valence-corrected chi connectivity index (χ4v) is 3.23. The molecule has 0 bridgehead atoms. The Bertz CT molecular complexity index is 626. The molecule has 2 aliphatic rings. The predicted octanol–water partition coefficient (Wildman–Crippen LogP) is 1.13. The summed E-state index contributed by atoms with van der Waals surface area (Å²) >= 11 is 0. The van der Waals surface area contributed by atoms with Crippen molar-refractivity contribution in [2.24, 2.45) is 0 Å². The number of esters is 1. The minimum Gasteiger partial charge on any atom is -0.496 e. The number of anilines is 1. The quantitative estimate of drug-likeness (QED) is 0.817. The summed E-state index contributed by atoms with van der Waals surface area (Å²) < 4.78 is 10.0. The number of urea groups is 1. The van der Waals surface area contributed by atoms with Gasteiger partial charge in [0.05, 0.1) is 26.3 Å². The lowest BCUT2D eigenvalue weighted by Gasteiger charge is -2.33. The van der Waals surface area contributed by atoms with Crippen molar-refractivity contribution in [1.82, 2.24) is 10.6 Å². The summed E-state index contributed by atoms with van der Waals surface area (Å²) in [6, 6.07) is 4.96. The van der Waals surface area contributed by atoms with Crippen molar-refractivity contribution >= 4 is 17.7 Å². The zero-order valence-electron chi connectivity index (χ0n) is 13.3. The van der Waals surface area contributed by atoms with Crippen molar-refractivity contribution in [1.29, 1.82) is 0 Å². The van der Waals surface area contributed by atoms with Crippen LogP contribution in [0, 0.1) is 0 Å². The van der Waals surface area contributed by atoms with Gasteiger partial charge in [0, 0.05) is 11.8 Å². The molecular formula is C16H21N3O4. The molecule has 2 saturated heterocycles. The summed E-state index contributed by atoms with van der Waals surface area (Å²) in [7, 11) is 2.81. The summed E-state index contributed by atoms with van der Waals surface area (Å²) in [6.07, 6.45) is 1.82. The van der Waals surface area contributed by atoms with Gasteiger partial charge in [-0.3, -0.25) is 4.90 Å². The fourth-order valence-electron chi connectivity index (χ4n) is 3.23. The molecule has 7 nitrogen and oxygen atoms in total. The van der Waals surface area contributed by atoms with E-state index in [0.717, 1.165) is 25.9 Å². The van der Waals surface area contributed by atoms with E-state index in [2.05, 4.69) is 10.6 Å². The van der Waals surface area contributed by atoms with Crippen LogP contribution in [0.5, 0.6) is 5.75 Å². The van der Waals surface area contributed by atoms with Crippen molar-refractivity contribution in [2.45, 2.75) is 18.4 Å². The van der Waals surface area contributed by atoms with Crippen LogP contribution in [-0.4, -0.2) is 51.4 Å². The van der Waals surface area contributed by atoms with Crippen LogP contribution >= 0.6 is 0 Å². The molecule has 1 spiro atoms. The third kappa shape index (κ3) is 2.84. The van der Waals surface area contributed by atoms with E-state index >= 15 is 0 Å². The Hall–Kier alpha value is -2.28. The van der Waals surface area contributed by atoms with Gasteiger partial charge in [0.2, 0.25) is 0 Å². The second-order valence-electron chi connectivity index (χ2n) is 5.92. The van der Waals surface area contributed by atoms with Gasteiger partial charge >= 0.3 is 12.0 Å².